The van der Waals surface area contributed by atoms with Crippen LogP contribution in [0.15, 0.2) is 6.20 Å². The molecule has 0 saturated carbocycles. The van der Waals surface area contributed by atoms with Crippen LogP contribution < -0.4 is 4.74 Å². The Kier molecular flexibility index (Phi) is 4.03. The maximum atomic E-state index is 11.4. The van der Waals surface area contributed by atoms with Crippen molar-refractivity contribution in [3.05, 3.63) is 17.5 Å². The number of methoxy groups -OCH3 is 2. The Morgan fingerprint density at radius 1 is 1.47 bits per heavy atom. The Balaban J connectivity index is 3.08. The van der Waals surface area contributed by atoms with E-state index in [2.05, 4.69) is 14.7 Å². The molecule has 1 aromatic heterocycles. The number of rotatable bonds is 4. The number of carbonyl (C=O) groups excluding carboxylic acids is 1. The minimum absolute atomic E-state index is 0.270. The number of nitrogens with zero attached hydrogens (tertiary/aromatic N) is 2. The van der Waals surface area contributed by atoms with Crippen molar-refractivity contribution in [3.63, 3.8) is 0 Å². The first kappa shape index (κ1) is 11.4. The summed E-state index contributed by atoms with van der Waals surface area (Å²) in [5.41, 5.74) is 1.07. The van der Waals surface area contributed by atoms with Gasteiger partial charge in [-0.15, -0.1) is 0 Å². The van der Waals surface area contributed by atoms with E-state index < -0.39 is 5.97 Å². The minimum Gasteiger partial charge on any atom is -0.467 e. The Bertz CT molecular complexity index is 353. The second kappa shape index (κ2) is 5.29. The summed E-state index contributed by atoms with van der Waals surface area (Å²) < 4.78 is 9.53. The van der Waals surface area contributed by atoms with Crippen LogP contribution in [0.2, 0.25) is 0 Å². The third kappa shape index (κ3) is 2.65. The summed E-state index contributed by atoms with van der Waals surface area (Å²) in [5, 5.41) is 0. The highest BCUT2D eigenvalue weighted by Crippen LogP contribution is 2.12. The molecule has 15 heavy (non-hydrogen) atoms. The molecule has 5 heteroatoms. The third-order valence-electron chi connectivity index (χ3n) is 1.92. The van der Waals surface area contributed by atoms with Crippen molar-refractivity contribution in [2.75, 3.05) is 14.2 Å². The normalized spacial score (nSPS) is 9.80. The Hall–Kier alpha value is -1.65. The van der Waals surface area contributed by atoms with Crippen molar-refractivity contribution < 1.29 is 14.3 Å². The lowest BCUT2D eigenvalue weighted by atomic mass is 10.1. The summed E-state index contributed by atoms with van der Waals surface area (Å²) in [4.78, 5) is 19.4. The van der Waals surface area contributed by atoms with Gasteiger partial charge in [0, 0.05) is 6.20 Å². The molecule has 1 aromatic rings. The molecule has 0 N–H and O–H groups in total. The van der Waals surface area contributed by atoms with E-state index in [1.165, 1.54) is 20.4 Å². The Morgan fingerprint density at radius 2 is 2.20 bits per heavy atom. The number of hydrogen-bond acceptors (Lipinski definition) is 5. The zero-order chi connectivity index (χ0) is 11.3. The van der Waals surface area contributed by atoms with Crippen LogP contribution in [-0.2, 0) is 11.2 Å². The first-order chi connectivity index (χ1) is 7.22. The monoisotopic (exact) mass is 210 g/mol. The average Bonchev–Trinajstić information content (AvgIpc) is 2.28. The van der Waals surface area contributed by atoms with E-state index in [0.717, 1.165) is 6.42 Å². The highest BCUT2D eigenvalue weighted by Gasteiger charge is 2.14. The van der Waals surface area contributed by atoms with Crippen LogP contribution >= 0.6 is 0 Å². The maximum absolute atomic E-state index is 11.4. The second-order valence-electron chi connectivity index (χ2n) is 2.96. The van der Waals surface area contributed by atoms with Gasteiger partial charge in [-0.05, 0) is 6.42 Å². The summed E-state index contributed by atoms with van der Waals surface area (Å²) in [7, 11) is 2.82. The van der Waals surface area contributed by atoms with Gasteiger partial charge in [0.2, 0.25) is 0 Å². The molecule has 0 unspecified atom stereocenters. The Labute approximate surface area is 88.4 Å². The molecule has 0 aliphatic rings. The minimum atomic E-state index is -0.416. The first-order valence-electron chi connectivity index (χ1n) is 4.71. The molecule has 1 rings (SSSR count). The summed E-state index contributed by atoms with van der Waals surface area (Å²) >= 11 is 0. The van der Waals surface area contributed by atoms with E-state index in [0.29, 0.717) is 17.7 Å². The highest BCUT2D eigenvalue weighted by molar-refractivity contribution is 5.90. The zero-order valence-corrected chi connectivity index (χ0v) is 9.11. The largest absolute Gasteiger partial charge is 0.467 e. The molecule has 82 valence electrons. The quantitative estimate of drug-likeness (QED) is 0.699. The number of ether oxygens (including phenoxy) is 2. The van der Waals surface area contributed by atoms with Gasteiger partial charge in [0.15, 0.2) is 0 Å². The third-order valence-corrected chi connectivity index (χ3v) is 1.92. The molecule has 5 nitrogen and oxygen atoms in total. The summed E-state index contributed by atoms with van der Waals surface area (Å²) in [5.74, 6) is -0.416. The smallest absolute Gasteiger partial charge is 0.341 e. The lowest BCUT2D eigenvalue weighted by Gasteiger charge is -2.06. The lowest BCUT2D eigenvalue weighted by molar-refractivity contribution is 0.0598. The van der Waals surface area contributed by atoms with E-state index in [-0.39, 0.29) is 6.01 Å². The van der Waals surface area contributed by atoms with Crippen LogP contribution in [0.25, 0.3) is 0 Å². The fourth-order valence-corrected chi connectivity index (χ4v) is 1.21. The summed E-state index contributed by atoms with van der Waals surface area (Å²) in [6, 6.07) is 0.270. The van der Waals surface area contributed by atoms with E-state index in [1.807, 2.05) is 6.92 Å². The van der Waals surface area contributed by atoms with Gasteiger partial charge in [-0.25, -0.2) is 9.78 Å². The zero-order valence-electron chi connectivity index (χ0n) is 9.11. The molecular formula is C10H14N2O3. The fourth-order valence-electron chi connectivity index (χ4n) is 1.21. The number of esters is 1. The van der Waals surface area contributed by atoms with Crippen molar-refractivity contribution in [2.24, 2.45) is 0 Å². The van der Waals surface area contributed by atoms with Gasteiger partial charge in [0.25, 0.3) is 0 Å². The maximum Gasteiger partial charge on any atom is 0.341 e. The Morgan fingerprint density at radius 3 is 2.73 bits per heavy atom. The van der Waals surface area contributed by atoms with Crippen molar-refractivity contribution in [1.82, 2.24) is 9.97 Å². The second-order valence-corrected chi connectivity index (χ2v) is 2.96. The van der Waals surface area contributed by atoms with Crippen LogP contribution in [0.3, 0.4) is 0 Å². The van der Waals surface area contributed by atoms with E-state index >= 15 is 0 Å². The molecule has 0 spiro atoms. The molecule has 0 saturated heterocycles. The lowest BCUT2D eigenvalue weighted by Crippen LogP contribution is -2.09. The van der Waals surface area contributed by atoms with Crippen LogP contribution in [0.1, 0.15) is 29.4 Å². The van der Waals surface area contributed by atoms with Gasteiger partial charge in [-0.3, -0.25) is 0 Å². The number of aryl methyl sites for hydroxylation is 1. The van der Waals surface area contributed by atoms with Gasteiger partial charge < -0.3 is 9.47 Å². The molecule has 0 fully saturated rings. The molecule has 0 amide bonds. The van der Waals surface area contributed by atoms with Crippen molar-refractivity contribution in [1.29, 1.82) is 0 Å². The van der Waals surface area contributed by atoms with Crippen LogP contribution in [0, 0.1) is 0 Å². The molecule has 0 aliphatic heterocycles. The molecule has 0 bridgehead atoms. The number of carbonyl (C=O) groups is 1. The average molecular weight is 210 g/mol. The van der Waals surface area contributed by atoms with Crippen LogP contribution in [0.4, 0.5) is 0 Å². The topological polar surface area (TPSA) is 61.3 Å². The van der Waals surface area contributed by atoms with Gasteiger partial charge in [-0.1, -0.05) is 13.3 Å². The molecule has 0 aromatic carbocycles. The van der Waals surface area contributed by atoms with Crippen LogP contribution in [-0.4, -0.2) is 30.2 Å². The van der Waals surface area contributed by atoms with Crippen molar-refractivity contribution >= 4 is 5.97 Å². The molecule has 0 atom stereocenters. The van der Waals surface area contributed by atoms with Gasteiger partial charge in [-0.2, -0.15) is 4.98 Å². The van der Waals surface area contributed by atoms with Crippen molar-refractivity contribution in [3.8, 4) is 6.01 Å². The molecule has 1 heterocycles. The van der Waals surface area contributed by atoms with Gasteiger partial charge >= 0.3 is 12.0 Å². The van der Waals surface area contributed by atoms with Gasteiger partial charge in [0.05, 0.1) is 25.5 Å². The molecule has 0 aliphatic carbocycles. The number of aromatic nitrogens is 2. The first-order valence-corrected chi connectivity index (χ1v) is 4.71. The fraction of sp³-hybridized carbons (Fsp3) is 0.500. The predicted octanol–water partition coefficient (Wildman–Crippen LogP) is 1.22. The van der Waals surface area contributed by atoms with E-state index in [4.69, 9.17) is 4.74 Å². The summed E-state index contributed by atoms with van der Waals surface area (Å²) in [6.07, 6.45) is 3.02. The number of hydrogen-bond donors (Lipinski definition) is 0. The van der Waals surface area contributed by atoms with E-state index in [9.17, 15) is 4.79 Å². The molecular weight excluding hydrogens is 196 g/mol. The van der Waals surface area contributed by atoms with Crippen molar-refractivity contribution in [2.45, 2.75) is 19.8 Å². The summed E-state index contributed by atoms with van der Waals surface area (Å²) in [6.45, 7) is 2.01. The predicted molar refractivity (Wildman–Crippen MR) is 53.9 cm³/mol. The van der Waals surface area contributed by atoms with Gasteiger partial charge in [0.1, 0.15) is 0 Å². The standard InChI is InChI=1S/C10H14N2O3/c1-4-5-8-7(9(13)14-2)6-11-10(12-8)15-3/h6H,4-5H2,1-3H3. The van der Waals surface area contributed by atoms with E-state index in [1.54, 1.807) is 0 Å². The highest BCUT2D eigenvalue weighted by atomic mass is 16.5. The molecule has 0 radical (unpaired) electrons. The SMILES string of the molecule is CCCc1nc(OC)ncc1C(=O)OC. The van der Waals surface area contributed by atoms with Crippen LogP contribution in [0.5, 0.6) is 6.01 Å².